The Morgan fingerprint density at radius 1 is 1.07 bits per heavy atom. The number of quaternary nitrogens is 1. The number of fused-ring (bicyclic) bond motifs is 3. The van der Waals surface area contributed by atoms with Crippen molar-refractivity contribution < 1.29 is 40.8 Å². The molecule has 0 aliphatic carbocycles. The number of aliphatic carboxylic acids is 1. The number of alkyl halides is 4. The lowest BCUT2D eigenvalue weighted by atomic mass is 9.95. The zero-order valence-electron chi connectivity index (χ0n) is 25.9. The van der Waals surface area contributed by atoms with Gasteiger partial charge in [0.2, 0.25) is 5.91 Å². The summed E-state index contributed by atoms with van der Waals surface area (Å²) < 4.78 is 58.0. The molecule has 0 radical (unpaired) electrons. The maximum Gasteiger partial charge on any atom is 0.430 e. The molecule has 1 aromatic heterocycles. The Kier molecular flexibility index (Phi) is 11.6. The quantitative estimate of drug-likeness (QED) is 0.140. The molecule has 0 bridgehead atoms. The van der Waals surface area contributed by atoms with Gasteiger partial charge in [-0.1, -0.05) is 30.7 Å². The summed E-state index contributed by atoms with van der Waals surface area (Å²) in [5.74, 6) is -2.29. The first kappa shape index (κ1) is 36.2. The van der Waals surface area contributed by atoms with Crippen LogP contribution in [0.15, 0.2) is 47.5 Å². The average Bonchev–Trinajstić information content (AvgIpc) is 3.50. The van der Waals surface area contributed by atoms with Crippen LogP contribution in [0.2, 0.25) is 0 Å². The summed E-state index contributed by atoms with van der Waals surface area (Å²) in [5, 5.41) is 11.2. The van der Waals surface area contributed by atoms with Crippen molar-refractivity contribution in [3.8, 4) is 0 Å². The molecule has 4 rings (SSSR count). The summed E-state index contributed by atoms with van der Waals surface area (Å²) in [6, 6.07) is 13.6. The molecule has 1 amide bonds. The van der Waals surface area contributed by atoms with Crippen LogP contribution >= 0.6 is 11.6 Å². The predicted octanol–water partition coefficient (Wildman–Crippen LogP) is 4.36. The van der Waals surface area contributed by atoms with Crippen LogP contribution in [-0.2, 0) is 33.0 Å². The van der Waals surface area contributed by atoms with Crippen molar-refractivity contribution in [1.82, 2.24) is 4.57 Å². The molecular formula is C31H40ClF3N4O5S. The van der Waals surface area contributed by atoms with E-state index in [1.807, 2.05) is 42.3 Å². The first-order valence-corrected chi connectivity index (χ1v) is 16.9. The molecule has 0 saturated carbocycles. The number of nitrogens with two attached hydrogens (primary N) is 1. The van der Waals surface area contributed by atoms with Crippen LogP contribution < -0.4 is 15.7 Å². The summed E-state index contributed by atoms with van der Waals surface area (Å²) in [4.78, 5) is 23.9. The predicted molar refractivity (Wildman–Crippen MR) is 168 cm³/mol. The zero-order valence-corrected chi connectivity index (χ0v) is 27.4. The summed E-state index contributed by atoms with van der Waals surface area (Å²) in [7, 11) is 2.93. The van der Waals surface area contributed by atoms with E-state index < -0.39 is 22.0 Å². The maximum absolute atomic E-state index is 13.2. The van der Waals surface area contributed by atoms with E-state index in [1.54, 1.807) is 10.6 Å². The van der Waals surface area contributed by atoms with Gasteiger partial charge in [-0.2, -0.15) is 13.2 Å². The molecule has 2 aromatic carbocycles. The molecule has 248 valence electrons. The Balaban J connectivity index is 0.000000707. The highest BCUT2D eigenvalue weighted by Gasteiger charge is 2.34. The number of rotatable bonds is 11. The second kappa shape index (κ2) is 14.4. The second-order valence-corrected chi connectivity index (χ2v) is 14.3. The highest BCUT2D eigenvalue weighted by molar-refractivity contribution is 7.90. The molecule has 3 aromatic rings. The van der Waals surface area contributed by atoms with E-state index in [0.717, 1.165) is 71.0 Å². The van der Waals surface area contributed by atoms with Crippen molar-refractivity contribution in [3.63, 3.8) is 0 Å². The summed E-state index contributed by atoms with van der Waals surface area (Å²) in [6.45, 7) is 2.35. The Hall–Kier alpha value is -3.29. The largest absolute Gasteiger partial charge is 0.542 e. The minimum Gasteiger partial charge on any atom is -0.542 e. The molecule has 9 nitrogen and oxygen atoms in total. The molecular weight excluding hydrogens is 633 g/mol. The Labute approximate surface area is 266 Å². The van der Waals surface area contributed by atoms with Crippen LogP contribution in [0.4, 0.5) is 24.5 Å². The molecule has 1 aliphatic heterocycles. The number of hydrogen-bond acceptors (Lipinski definition) is 6. The van der Waals surface area contributed by atoms with Crippen LogP contribution in [0.1, 0.15) is 49.3 Å². The molecule has 45 heavy (non-hydrogen) atoms. The molecule has 2 N–H and O–H groups in total. The zero-order chi connectivity index (χ0) is 33.7. The number of carboxylic acids is 1. The smallest absolute Gasteiger partial charge is 0.430 e. The Bertz CT molecular complexity index is 1640. The number of halogens is 4. The fourth-order valence-corrected chi connectivity index (χ4v) is 6.90. The number of sulfone groups is 1. The SMILES string of the molecule is Cn1c(C[N+](C)(C)CCCCCCC(=O)N2CC(CCl)c3c2cc(N)c2ccccc32)ccc1S(C)(=O)=O.O=C([O-])C(F)(F)F. The number of hydrogen-bond donors (Lipinski definition) is 1. The number of carbonyl (C=O) groups excluding carboxylic acids is 2. The Morgan fingerprint density at radius 3 is 2.22 bits per heavy atom. The van der Waals surface area contributed by atoms with Crippen LogP contribution in [0.25, 0.3) is 10.8 Å². The minimum atomic E-state index is -5.19. The molecule has 0 saturated heterocycles. The van der Waals surface area contributed by atoms with Gasteiger partial charge in [0.15, 0.2) is 9.84 Å². The van der Waals surface area contributed by atoms with Crippen LogP contribution in [-0.4, -0.2) is 74.8 Å². The van der Waals surface area contributed by atoms with Crippen molar-refractivity contribution in [2.75, 3.05) is 50.0 Å². The average molecular weight is 673 g/mol. The lowest BCUT2D eigenvalue weighted by molar-refractivity contribution is -0.904. The van der Waals surface area contributed by atoms with E-state index in [2.05, 4.69) is 20.2 Å². The molecule has 14 heteroatoms. The van der Waals surface area contributed by atoms with Crippen molar-refractivity contribution in [2.45, 2.75) is 55.8 Å². The van der Waals surface area contributed by atoms with Gasteiger partial charge in [0.1, 0.15) is 17.5 Å². The number of nitrogens with zero attached hydrogens (tertiary/aromatic N) is 3. The highest BCUT2D eigenvalue weighted by atomic mass is 35.5. The standard InChI is InChI=1S/C29H40ClN4O3S.C2HF3O2/c1-32-22(14-15-28(32)38(4,36)37)20-34(2,3)16-10-6-5-7-13-27(35)33-19-21(18-30)29-24-12-9-8-11-23(24)25(31)17-26(29)33;3-2(4,5)1(6)7/h8-9,11-12,14-15,17,21H,5-7,10,13,16,18-20,31H2,1-4H3;(H,6,7)/q+1;/p-1. The molecule has 1 unspecified atom stereocenters. The lowest BCUT2D eigenvalue weighted by Crippen LogP contribution is -2.40. The van der Waals surface area contributed by atoms with Crippen LogP contribution in [0.3, 0.4) is 0 Å². The molecule has 2 heterocycles. The van der Waals surface area contributed by atoms with E-state index in [-0.39, 0.29) is 11.8 Å². The van der Waals surface area contributed by atoms with Crippen LogP contribution in [0, 0.1) is 0 Å². The number of amides is 1. The molecule has 1 atom stereocenters. The highest BCUT2D eigenvalue weighted by Crippen LogP contribution is 2.44. The minimum absolute atomic E-state index is 0.110. The lowest BCUT2D eigenvalue weighted by Gasteiger charge is -2.30. The van der Waals surface area contributed by atoms with E-state index in [9.17, 15) is 26.4 Å². The number of carbonyl (C=O) groups is 2. The third-order valence-corrected chi connectivity index (χ3v) is 9.51. The van der Waals surface area contributed by atoms with Gasteiger partial charge in [0, 0.05) is 54.8 Å². The third kappa shape index (κ3) is 9.14. The number of carboxylic acid groups (broad SMARTS) is 1. The summed E-state index contributed by atoms with van der Waals surface area (Å²) in [5.41, 5.74) is 10.1. The monoisotopic (exact) mass is 672 g/mol. The number of anilines is 2. The summed E-state index contributed by atoms with van der Waals surface area (Å²) in [6.07, 6.45) is 0.503. The fourth-order valence-electron chi connectivity index (χ4n) is 5.72. The van der Waals surface area contributed by atoms with Crippen molar-refractivity contribution in [3.05, 3.63) is 53.7 Å². The first-order chi connectivity index (χ1) is 20.9. The van der Waals surface area contributed by atoms with Gasteiger partial charge in [-0.25, -0.2) is 8.42 Å². The van der Waals surface area contributed by atoms with E-state index >= 15 is 0 Å². The second-order valence-electron chi connectivity index (χ2n) is 12.1. The maximum atomic E-state index is 13.2. The van der Waals surface area contributed by atoms with Gasteiger partial charge in [-0.05, 0) is 48.4 Å². The van der Waals surface area contributed by atoms with Gasteiger partial charge in [0.05, 0.1) is 26.3 Å². The van der Waals surface area contributed by atoms with E-state index in [1.165, 1.54) is 6.26 Å². The molecule has 1 aliphatic rings. The normalized spacial score (nSPS) is 15.1. The van der Waals surface area contributed by atoms with Gasteiger partial charge < -0.3 is 29.6 Å². The fraction of sp³-hybridized carbons (Fsp3) is 0.484. The van der Waals surface area contributed by atoms with Crippen molar-refractivity contribution in [2.24, 2.45) is 7.05 Å². The topological polar surface area (TPSA) is 126 Å². The van der Waals surface area contributed by atoms with Crippen LogP contribution in [0.5, 0.6) is 0 Å². The third-order valence-electron chi connectivity index (χ3n) is 7.97. The molecule has 0 fully saturated rings. The number of aromatic nitrogens is 1. The Morgan fingerprint density at radius 2 is 1.67 bits per heavy atom. The van der Waals surface area contributed by atoms with Gasteiger partial charge in [-0.15, -0.1) is 11.6 Å². The van der Waals surface area contributed by atoms with E-state index in [4.69, 9.17) is 27.2 Å². The number of unbranched alkanes of at least 4 members (excludes halogenated alkanes) is 3. The van der Waals surface area contributed by atoms with Gasteiger partial charge in [0.25, 0.3) is 0 Å². The number of nitrogen functional groups attached to an aromatic ring is 1. The van der Waals surface area contributed by atoms with E-state index in [0.29, 0.717) is 29.6 Å². The number of benzene rings is 2. The summed E-state index contributed by atoms with van der Waals surface area (Å²) >= 11 is 6.33. The van der Waals surface area contributed by atoms with Gasteiger partial charge >= 0.3 is 6.18 Å². The molecule has 0 spiro atoms. The van der Waals surface area contributed by atoms with Gasteiger partial charge in [-0.3, -0.25) is 4.79 Å². The van der Waals surface area contributed by atoms with Crippen molar-refractivity contribution >= 4 is 55.5 Å². The first-order valence-electron chi connectivity index (χ1n) is 14.5. The van der Waals surface area contributed by atoms with Crippen molar-refractivity contribution in [1.29, 1.82) is 0 Å².